The van der Waals surface area contributed by atoms with Crippen LogP contribution in [0.1, 0.15) is 6.42 Å². The first-order chi connectivity index (χ1) is 11.8. The second kappa shape index (κ2) is 6.57. The van der Waals surface area contributed by atoms with Gasteiger partial charge in [-0.1, -0.05) is 12.1 Å². The largest absolute Gasteiger partial charge is 0.497 e. The van der Waals surface area contributed by atoms with Crippen molar-refractivity contribution in [3.63, 3.8) is 0 Å². The van der Waals surface area contributed by atoms with Gasteiger partial charge in [0.05, 0.1) is 29.1 Å². The van der Waals surface area contributed by atoms with E-state index in [9.17, 15) is 16.8 Å². The molecule has 0 atom stereocenters. The van der Waals surface area contributed by atoms with Crippen LogP contribution < -0.4 is 13.8 Å². The Morgan fingerprint density at radius 3 is 2.56 bits per heavy atom. The maximum absolute atomic E-state index is 12.5. The molecule has 1 aliphatic heterocycles. The Morgan fingerprint density at radius 2 is 1.88 bits per heavy atom. The van der Waals surface area contributed by atoms with Crippen molar-refractivity contribution in [2.75, 3.05) is 28.4 Å². The zero-order chi connectivity index (χ0) is 18.1. The van der Waals surface area contributed by atoms with E-state index in [1.54, 1.807) is 30.3 Å². The first-order valence-electron chi connectivity index (χ1n) is 7.59. The fourth-order valence-corrected chi connectivity index (χ4v) is 5.28. The van der Waals surface area contributed by atoms with Gasteiger partial charge in [0.25, 0.3) is 10.0 Å². The number of hydrogen-bond donors (Lipinski definition) is 1. The molecular weight excluding hydrogens is 364 g/mol. The van der Waals surface area contributed by atoms with Crippen LogP contribution in [-0.2, 0) is 20.0 Å². The molecule has 7 nitrogen and oxygen atoms in total. The number of nitrogens with one attached hydrogen (secondary N) is 1. The van der Waals surface area contributed by atoms with Gasteiger partial charge in [-0.05, 0) is 36.8 Å². The predicted molar refractivity (Wildman–Crippen MR) is 96.0 cm³/mol. The Morgan fingerprint density at radius 1 is 1.12 bits per heavy atom. The Kier molecular flexibility index (Phi) is 4.61. The molecule has 0 aromatic heterocycles. The van der Waals surface area contributed by atoms with Gasteiger partial charge in [0.2, 0.25) is 10.0 Å². The van der Waals surface area contributed by atoms with E-state index in [1.807, 2.05) is 0 Å². The first-order valence-corrected chi connectivity index (χ1v) is 10.7. The lowest BCUT2D eigenvalue weighted by Crippen LogP contribution is -2.25. The predicted octanol–water partition coefficient (Wildman–Crippen LogP) is 2.04. The third-order valence-electron chi connectivity index (χ3n) is 3.84. The molecule has 0 spiro atoms. The standard InChI is InChI=1S/C16H18N2O5S2/c1-23-15-7-3-8-16(12-15)25(21,22)17-13-5-2-6-14(11-13)18-9-4-10-24(18,19)20/h2-3,5-8,11-12,17H,4,9-10H2,1H3. The molecule has 0 radical (unpaired) electrons. The third-order valence-corrected chi connectivity index (χ3v) is 7.09. The molecule has 2 aromatic carbocycles. The van der Waals surface area contributed by atoms with Gasteiger partial charge >= 0.3 is 0 Å². The molecule has 3 rings (SSSR count). The molecule has 2 aromatic rings. The van der Waals surface area contributed by atoms with Gasteiger partial charge < -0.3 is 4.74 Å². The normalized spacial score (nSPS) is 16.6. The van der Waals surface area contributed by atoms with E-state index in [2.05, 4.69) is 4.72 Å². The quantitative estimate of drug-likeness (QED) is 0.854. The van der Waals surface area contributed by atoms with Crippen LogP contribution in [0.3, 0.4) is 0 Å². The maximum atomic E-state index is 12.5. The van der Waals surface area contributed by atoms with Crippen LogP contribution in [0.25, 0.3) is 0 Å². The van der Waals surface area contributed by atoms with Gasteiger partial charge in [-0.3, -0.25) is 9.03 Å². The zero-order valence-electron chi connectivity index (χ0n) is 13.5. The molecule has 1 heterocycles. The highest BCUT2D eigenvalue weighted by molar-refractivity contribution is 7.93. The van der Waals surface area contributed by atoms with E-state index in [-0.39, 0.29) is 10.6 Å². The topological polar surface area (TPSA) is 92.8 Å². The van der Waals surface area contributed by atoms with Crippen molar-refractivity contribution in [1.82, 2.24) is 0 Å². The molecule has 1 N–H and O–H groups in total. The van der Waals surface area contributed by atoms with Crippen molar-refractivity contribution < 1.29 is 21.6 Å². The Hall–Kier alpha value is -2.26. The fraction of sp³-hybridized carbons (Fsp3) is 0.250. The molecule has 0 aliphatic carbocycles. The number of benzene rings is 2. The number of ether oxygens (including phenoxy) is 1. The highest BCUT2D eigenvalue weighted by Gasteiger charge is 2.28. The van der Waals surface area contributed by atoms with Gasteiger partial charge in [-0.15, -0.1) is 0 Å². The minimum atomic E-state index is -3.81. The molecule has 1 fully saturated rings. The Balaban J connectivity index is 1.89. The lowest BCUT2D eigenvalue weighted by Gasteiger charge is -2.18. The molecule has 25 heavy (non-hydrogen) atoms. The van der Waals surface area contributed by atoms with Crippen molar-refractivity contribution in [1.29, 1.82) is 0 Å². The molecule has 1 aliphatic rings. The number of nitrogens with zero attached hydrogens (tertiary/aromatic N) is 1. The van der Waals surface area contributed by atoms with E-state index in [0.29, 0.717) is 30.1 Å². The minimum Gasteiger partial charge on any atom is -0.497 e. The lowest BCUT2D eigenvalue weighted by atomic mass is 10.3. The molecule has 134 valence electrons. The van der Waals surface area contributed by atoms with Gasteiger partial charge in [0.15, 0.2) is 0 Å². The summed E-state index contributed by atoms with van der Waals surface area (Å²) in [5.74, 6) is 0.534. The van der Waals surface area contributed by atoms with Crippen LogP contribution in [0, 0.1) is 0 Å². The summed E-state index contributed by atoms with van der Waals surface area (Å²) in [4.78, 5) is 0.0612. The summed E-state index contributed by atoms with van der Waals surface area (Å²) in [5, 5.41) is 0. The summed E-state index contributed by atoms with van der Waals surface area (Å²) >= 11 is 0. The molecule has 0 bridgehead atoms. The number of methoxy groups -OCH3 is 1. The van der Waals surface area contributed by atoms with E-state index in [1.165, 1.54) is 29.6 Å². The van der Waals surface area contributed by atoms with Gasteiger partial charge in [0, 0.05) is 12.6 Å². The minimum absolute atomic E-state index is 0.0612. The van der Waals surface area contributed by atoms with Crippen molar-refractivity contribution in [3.8, 4) is 5.75 Å². The van der Waals surface area contributed by atoms with E-state index in [0.717, 1.165) is 0 Å². The van der Waals surface area contributed by atoms with Crippen LogP contribution in [0.4, 0.5) is 11.4 Å². The van der Waals surface area contributed by atoms with Crippen molar-refractivity contribution >= 4 is 31.4 Å². The Labute approximate surface area is 147 Å². The van der Waals surface area contributed by atoms with E-state index in [4.69, 9.17) is 4.74 Å². The SMILES string of the molecule is COc1cccc(S(=O)(=O)Nc2cccc(N3CCCS3(=O)=O)c2)c1. The molecule has 1 saturated heterocycles. The third kappa shape index (κ3) is 3.72. The van der Waals surface area contributed by atoms with Crippen LogP contribution in [0.5, 0.6) is 5.75 Å². The highest BCUT2D eigenvalue weighted by atomic mass is 32.2. The second-order valence-corrected chi connectivity index (χ2v) is 9.27. The molecule has 0 amide bonds. The first kappa shape index (κ1) is 17.6. The lowest BCUT2D eigenvalue weighted by molar-refractivity contribution is 0.413. The van der Waals surface area contributed by atoms with Crippen molar-refractivity contribution in [2.24, 2.45) is 0 Å². The van der Waals surface area contributed by atoms with Crippen molar-refractivity contribution in [2.45, 2.75) is 11.3 Å². The molecule has 0 unspecified atom stereocenters. The van der Waals surface area contributed by atoms with Crippen LogP contribution in [0.2, 0.25) is 0 Å². The maximum Gasteiger partial charge on any atom is 0.262 e. The van der Waals surface area contributed by atoms with E-state index >= 15 is 0 Å². The number of sulfonamides is 2. The monoisotopic (exact) mass is 382 g/mol. The Bertz CT molecular complexity index is 987. The average Bonchev–Trinajstić information content (AvgIpc) is 2.94. The summed E-state index contributed by atoms with van der Waals surface area (Å²) in [5.41, 5.74) is 0.741. The summed E-state index contributed by atoms with van der Waals surface area (Å²) in [6.45, 7) is 0.397. The number of hydrogen-bond acceptors (Lipinski definition) is 5. The van der Waals surface area contributed by atoms with Crippen LogP contribution in [0.15, 0.2) is 53.4 Å². The van der Waals surface area contributed by atoms with E-state index < -0.39 is 20.0 Å². The summed E-state index contributed by atoms with van der Waals surface area (Å²) < 4.78 is 57.9. The zero-order valence-corrected chi connectivity index (χ0v) is 15.2. The van der Waals surface area contributed by atoms with Crippen LogP contribution >= 0.6 is 0 Å². The smallest absolute Gasteiger partial charge is 0.262 e. The molecule has 0 saturated carbocycles. The van der Waals surface area contributed by atoms with Crippen LogP contribution in [-0.4, -0.2) is 36.2 Å². The molecular formula is C16H18N2O5S2. The van der Waals surface area contributed by atoms with Gasteiger partial charge in [-0.2, -0.15) is 0 Å². The second-order valence-electron chi connectivity index (χ2n) is 5.58. The summed E-state index contributed by atoms with van der Waals surface area (Å²) in [7, 11) is -5.68. The summed E-state index contributed by atoms with van der Waals surface area (Å²) in [6, 6.07) is 12.5. The summed E-state index contributed by atoms with van der Waals surface area (Å²) in [6.07, 6.45) is 0.558. The van der Waals surface area contributed by atoms with Crippen molar-refractivity contribution in [3.05, 3.63) is 48.5 Å². The number of anilines is 2. The highest BCUT2D eigenvalue weighted by Crippen LogP contribution is 2.28. The van der Waals surface area contributed by atoms with Gasteiger partial charge in [-0.25, -0.2) is 16.8 Å². The fourth-order valence-electron chi connectivity index (χ4n) is 2.64. The number of rotatable bonds is 5. The average molecular weight is 382 g/mol. The van der Waals surface area contributed by atoms with Gasteiger partial charge in [0.1, 0.15) is 5.75 Å². The molecule has 9 heteroatoms.